The minimum absolute atomic E-state index is 0.117. The van der Waals surface area contributed by atoms with E-state index in [1.807, 2.05) is 5.48 Å². The Balaban J connectivity index is 4.05. The SMILES string of the molecule is CC(C)(CNC(=O)NOCC(=O)O)S(C)(=O)=O. The highest BCUT2D eigenvalue weighted by Gasteiger charge is 2.30. The molecule has 3 N–H and O–H groups in total. The molecule has 0 saturated heterocycles. The van der Waals surface area contributed by atoms with E-state index in [4.69, 9.17) is 5.11 Å². The van der Waals surface area contributed by atoms with Crippen LogP contribution in [-0.2, 0) is 19.5 Å². The molecule has 0 radical (unpaired) electrons. The first kappa shape index (κ1) is 15.7. The Morgan fingerprint density at radius 3 is 2.29 bits per heavy atom. The first-order chi connectivity index (χ1) is 7.56. The number of rotatable bonds is 6. The Morgan fingerprint density at radius 1 is 1.35 bits per heavy atom. The lowest BCUT2D eigenvalue weighted by molar-refractivity contribution is -0.144. The second-order valence-electron chi connectivity index (χ2n) is 4.00. The molecule has 0 rings (SSSR count). The van der Waals surface area contributed by atoms with Crippen molar-refractivity contribution in [3.63, 3.8) is 0 Å². The molecule has 8 nitrogen and oxygen atoms in total. The monoisotopic (exact) mass is 268 g/mol. The number of carboxylic acid groups (broad SMARTS) is 1. The van der Waals surface area contributed by atoms with Crippen molar-refractivity contribution in [1.29, 1.82) is 0 Å². The molecule has 0 aliphatic carbocycles. The lowest BCUT2D eigenvalue weighted by Crippen LogP contribution is -2.47. The van der Waals surface area contributed by atoms with Crippen LogP contribution >= 0.6 is 0 Å². The van der Waals surface area contributed by atoms with E-state index in [0.717, 1.165) is 6.26 Å². The van der Waals surface area contributed by atoms with Crippen molar-refractivity contribution >= 4 is 21.8 Å². The molecule has 2 amide bonds. The summed E-state index contributed by atoms with van der Waals surface area (Å²) < 4.78 is 21.5. The van der Waals surface area contributed by atoms with Crippen LogP contribution in [0.4, 0.5) is 4.79 Å². The van der Waals surface area contributed by atoms with Crippen molar-refractivity contribution < 1.29 is 28.0 Å². The minimum Gasteiger partial charge on any atom is -0.479 e. The van der Waals surface area contributed by atoms with Gasteiger partial charge in [0.05, 0.1) is 4.75 Å². The molecule has 0 aliphatic rings. The normalized spacial score (nSPS) is 11.9. The summed E-state index contributed by atoms with van der Waals surface area (Å²) in [4.78, 5) is 25.4. The maximum absolute atomic E-state index is 11.3. The predicted octanol–water partition coefficient (Wildman–Crippen LogP) is -0.875. The third-order valence-electron chi connectivity index (χ3n) is 2.04. The van der Waals surface area contributed by atoms with E-state index >= 15 is 0 Å². The van der Waals surface area contributed by atoms with E-state index in [0.29, 0.717) is 0 Å². The molecule has 17 heavy (non-hydrogen) atoms. The Bertz CT molecular complexity index is 389. The highest BCUT2D eigenvalue weighted by atomic mass is 32.2. The summed E-state index contributed by atoms with van der Waals surface area (Å²) in [5.41, 5.74) is 1.81. The highest BCUT2D eigenvalue weighted by molar-refractivity contribution is 7.92. The maximum atomic E-state index is 11.3. The summed E-state index contributed by atoms with van der Waals surface area (Å²) in [5, 5.41) is 10.5. The van der Waals surface area contributed by atoms with Gasteiger partial charge in [-0.2, -0.15) is 0 Å². The molecule has 0 heterocycles. The lowest BCUT2D eigenvalue weighted by atomic mass is 10.2. The van der Waals surface area contributed by atoms with Crippen molar-refractivity contribution in [3.8, 4) is 0 Å². The fourth-order valence-electron chi connectivity index (χ4n) is 0.624. The van der Waals surface area contributed by atoms with Crippen molar-refractivity contribution in [3.05, 3.63) is 0 Å². The molecule has 0 aromatic rings. The van der Waals surface area contributed by atoms with Crippen LogP contribution in [-0.4, -0.2) is 49.7 Å². The second-order valence-corrected chi connectivity index (χ2v) is 6.65. The third-order valence-corrected chi connectivity index (χ3v) is 4.19. The zero-order valence-corrected chi connectivity index (χ0v) is 10.6. The van der Waals surface area contributed by atoms with Crippen molar-refractivity contribution in [2.45, 2.75) is 18.6 Å². The van der Waals surface area contributed by atoms with Crippen LogP contribution in [0.2, 0.25) is 0 Å². The number of urea groups is 1. The molecular formula is C8H16N2O6S. The minimum atomic E-state index is -3.31. The van der Waals surface area contributed by atoms with Crippen LogP contribution in [0.5, 0.6) is 0 Å². The first-order valence-electron chi connectivity index (χ1n) is 4.63. The van der Waals surface area contributed by atoms with Crippen LogP contribution < -0.4 is 10.8 Å². The summed E-state index contributed by atoms with van der Waals surface area (Å²) in [6.45, 7) is 2.12. The van der Waals surface area contributed by atoms with Crippen molar-refractivity contribution in [2.75, 3.05) is 19.4 Å². The standard InChI is InChI=1S/C8H16N2O6S/c1-8(2,17(3,14)15)5-9-7(13)10-16-4-6(11)12/h4-5H2,1-3H3,(H,11,12)(H2,9,10,13). The van der Waals surface area contributed by atoms with Gasteiger partial charge in [0.2, 0.25) is 0 Å². The van der Waals surface area contributed by atoms with Crippen LogP contribution in [0.15, 0.2) is 0 Å². The van der Waals surface area contributed by atoms with Gasteiger partial charge in [-0.05, 0) is 13.8 Å². The number of amides is 2. The largest absolute Gasteiger partial charge is 0.479 e. The molecule has 0 aliphatic heterocycles. The van der Waals surface area contributed by atoms with E-state index in [2.05, 4.69) is 10.2 Å². The van der Waals surface area contributed by atoms with Gasteiger partial charge < -0.3 is 10.4 Å². The fraction of sp³-hybridized carbons (Fsp3) is 0.750. The topological polar surface area (TPSA) is 122 Å². The number of hydrogen-bond donors (Lipinski definition) is 3. The Labute approximate surface area is 99.2 Å². The molecule has 0 unspecified atom stereocenters. The summed E-state index contributed by atoms with van der Waals surface area (Å²) in [6.07, 6.45) is 1.06. The number of hydroxylamine groups is 1. The van der Waals surface area contributed by atoms with E-state index in [-0.39, 0.29) is 6.54 Å². The average molecular weight is 268 g/mol. The van der Waals surface area contributed by atoms with Gasteiger partial charge in [0.15, 0.2) is 16.4 Å². The van der Waals surface area contributed by atoms with Crippen molar-refractivity contribution in [2.24, 2.45) is 0 Å². The van der Waals surface area contributed by atoms with E-state index in [1.54, 1.807) is 0 Å². The van der Waals surface area contributed by atoms with Crippen LogP contribution in [0.25, 0.3) is 0 Å². The molecule has 0 bridgehead atoms. The summed E-state index contributed by atoms with van der Waals surface area (Å²) in [6, 6.07) is -0.803. The number of nitrogens with one attached hydrogen (secondary N) is 2. The van der Waals surface area contributed by atoms with Gasteiger partial charge >= 0.3 is 12.0 Å². The number of aliphatic carboxylic acids is 1. The molecule has 0 spiro atoms. The van der Waals surface area contributed by atoms with Gasteiger partial charge in [0, 0.05) is 12.8 Å². The van der Waals surface area contributed by atoms with Gasteiger partial charge in [-0.25, -0.2) is 23.5 Å². The average Bonchev–Trinajstić information content (AvgIpc) is 2.12. The molecule has 0 aromatic heterocycles. The third kappa shape index (κ3) is 6.07. The number of carbonyl (C=O) groups is 2. The zero-order valence-electron chi connectivity index (χ0n) is 9.81. The molecule has 0 atom stereocenters. The van der Waals surface area contributed by atoms with Crippen molar-refractivity contribution in [1.82, 2.24) is 10.8 Å². The number of hydrogen-bond acceptors (Lipinski definition) is 5. The number of sulfone groups is 1. The molecule has 0 saturated carbocycles. The Morgan fingerprint density at radius 2 is 1.88 bits per heavy atom. The first-order valence-corrected chi connectivity index (χ1v) is 6.52. The maximum Gasteiger partial charge on any atom is 0.338 e. The fourth-order valence-corrected chi connectivity index (χ4v) is 0.958. The molecule has 0 fully saturated rings. The van der Waals surface area contributed by atoms with Gasteiger partial charge in [-0.1, -0.05) is 0 Å². The molecule has 100 valence electrons. The molecule has 9 heteroatoms. The Hall–Kier alpha value is -1.35. The summed E-state index contributed by atoms with van der Waals surface area (Å²) in [5.74, 6) is -1.23. The number of carboxylic acids is 1. The summed E-state index contributed by atoms with van der Waals surface area (Å²) >= 11 is 0. The second kappa shape index (κ2) is 5.82. The van der Waals surface area contributed by atoms with Gasteiger partial charge in [0.25, 0.3) is 0 Å². The smallest absolute Gasteiger partial charge is 0.338 e. The summed E-state index contributed by atoms with van der Waals surface area (Å²) in [7, 11) is -3.31. The zero-order chi connectivity index (χ0) is 13.7. The van der Waals surface area contributed by atoms with Crippen LogP contribution in [0.1, 0.15) is 13.8 Å². The molecular weight excluding hydrogens is 252 g/mol. The van der Waals surface area contributed by atoms with Crippen LogP contribution in [0, 0.1) is 0 Å². The Kier molecular flexibility index (Phi) is 5.36. The van der Waals surface area contributed by atoms with E-state index < -0.39 is 33.2 Å². The van der Waals surface area contributed by atoms with Gasteiger partial charge in [-0.3, -0.25) is 4.84 Å². The number of carbonyl (C=O) groups excluding carboxylic acids is 1. The molecule has 0 aromatic carbocycles. The van der Waals surface area contributed by atoms with Gasteiger partial charge in [-0.15, -0.1) is 0 Å². The van der Waals surface area contributed by atoms with E-state index in [1.165, 1.54) is 13.8 Å². The van der Waals surface area contributed by atoms with Crippen LogP contribution in [0.3, 0.4) is 0 Å². The lowest BCUT2D eigenvalue weighted by Gasteiger charge is -2.22. The predicted molar refractivity (Wildman–Crippen MR) is 59.0 cm³/mol. The van der Waals surface area contributed by atoms with Gasteiger partial charge in [0.1, 0.15) is 0 Å². The highest BCUT2D eigenvalue weighted by Crippen LogP contribution is 2.12. The quantitative estimate of drug-likeness (QED) is 0.538. The van der Waals surface area contributed by atoms with E-state index in [9.17, 15) is 18.0 Å².